The summed E-state index contributed by atoms with van der Waals surface area (Å²) in [5.41, 5.74) is 2.24. The first kappa shape index (κ1) is 10.2. The summed E-state index contributed by atoms with van der Waals surface area (Å²) < 4.78 is 5.56. The van der Waals surface area contributed by atoms with Crippen molar-refractivity contribution in [3.05, 3.63) is 41.4 Å². The largest absolute Gasteiger partial charge is 0.496 e. The van der Waals surface area contributed by atoms with Crippen molar-refractivity contribution in [3.63, 3.8) is 0 Å². The molecule has 0 radical (unpaired) electrons. The van der Waals surface area contributed by atoms with Crippen molar-refractivity contribution >= 4 is 0 Å². The Labute approximate surface area is 90.2 Å². The Morgan fingerprint density at radius 2 is 2.40 bits per heavy atom. The molecule has 1 aliphatic rings. The average molecular weight is 204 g/mol. The minimum atomic E-state index is 0.0902. The van der Waals surface area contributed by atoms with E-state index in [1.165, 1.54) is 5.56 Å². The summed E-state index contributed by atoms with van der Waals surface area (Å²) in [6.07, 6.45) is 4.97. The zero-order chi connectivity index (χ0) is 10.7. The van der Waals surface area contributed by atoms with E-state index in [-0.39, 0.29) is 6.04 Å². The third-order valence-corrected chi connectivity index (χ3v) is 2.54. The molecule has 1 aliphatic heterocycles. The zero-order valence-corrected chi connectivity index (χ0v) is 9.16. The number of nitrogens with zero attached hydrogens (tertiary/aromatic N) is 1. The molecule has 0 aromatic carbocycles. The summed E-state index contributed by atoms with van der Waals surface area (Å²) >= 11 is 0. The second kappa shape index (κ2) is 4.45. The Balaban J connectivity index is 2.26. The van der Waals surface area contributed by atoms with Gasteiger partial charge in [-0.1, -0.05) is 0 Å². The molecular weight excluding hydrogens is 188 g/mol. The Morgan fingerprint density at radius 1 is 1.53 bits per heavy atom. The fourth-order valence-electron chi connectivity index (χ4n) is 1.79. The number of aromatic nitrogens is 1. The van der Waals surface area contributed by atoms with E-state index < -0.39 is 0 Å². The predicted molar refractivity (Wildman–Crippen MR) is 59.4 cm³/mol. The predicted octanol–water partition coefficient (Wildman–Crippen LogP) is 1.95. The molecule has 0 bridgehead atoms. The lowest BCUT2D eigenvalue weighted by atomic mass is 10.1. The van der Waals surface area contributed by atoms with Gasteiger partial charge in [-0.25, -0.2) is 0 Å². The number of likely N-dealkylation sites (N-methyl/N-ethyl adjacent to an activating group) is 1. The van der Waals surface area contributed by atoms with Crippen molar-refractivity contribution in [1.29, 1.82) is 0 Å². The Bertz CT molecular complexity index is 374. The van der Waals surface area contributed by atoms with Crippen LogP contribution in [0.5, 0.6) is 0 Å². The van der Waals surface area contributed by atoms with Gasteiger partial charge in [0.15, 0.2) is 0 Å². The van der Waals surface area contributed by atoms with E-state index in [2.05, 4.69) is 29.4 Å². The maximum atomic E-state index is 5.56. The monoisotopic (exact) mass is 204 g/mol. The Hall–Kier alpha value is -1.35. The van der Waals surface area contributed by atoms with Gasteiger partial charge in [0.2, 0.25) is 0 Å². The van der Waals surface area contributed by atoms with Crippen LogP contribution in [0.3, 0.4) is 0 Å². The topological polar surface area (TPSA) is 34.1 Å². The fraction of sp³-hybridized carbons (Fsp3) is 0.417. The number of hydrogen-bond donors (Lipinski definition) is 1. The van der Waals surface area contributed by atoms with Crippen molar-refractivity contribution in [2.24, 2.45) is 0 Å². The SMILES string of the molecule is CNC(C1=CCCO1)c1cc(C)ccn1. The molecule has 1 unspecified atom stereocenters. The van der Waals surface area contributed by atoms with Gasteiger partial charge in [0.05, 0.1) is 12.3 Å². The standard InChI is InChI=1S/C12H16N2O/c1-9-5-6-14-10(8-9)12(13-2)11-4-3-7-15-11/h4-6,8,12-13H,3,7H2,1-2H3. The van der Waals surface area contributed by atoms with Gasteiger partial charge in [-0.2, -0.15) is 0 Å². The molecule has 0 fully saturated rings. The molecule has 2 rings (SSSR count). The smallest absolute Gasteiger partial charge is 0.115 e. The lowest BCUT2D eigenvalue weighted by Crippen LogP contribution is -2.20. The highest BCUT2D eigenvalue weighted by Crippen LogP contribution is 2.24. The van der Waals surface area contributed by atoms with Crippen LogP contribution in [0.1, 0.15) is 23.7 Å². The van der Waals surface area contributed by atoms with Crippen LogP contribution in [-0.2, 0) is 4.74 Å². The quantitative estimate of drug-likeness (QED) is 0.817. The van der Waals surface area contributed by atoms with Gasteiger partial charge in [0, 0.05) is 12.6 Å². The van der Waals surface area contributed by atoms with Crippen molar-refractivity contribution in [1.82, 2.24) is 10.3 Å². The summed E-state index contributed by atoms with van der Waals surface area (Å²) in [5.74, 6) is 0.996. The van der Waals surface area contributed by atoms with E-state index in [1.54, 1.807) is 0 Å². The maximum absolute atomic E-state index is 5.56. The van der Waals surface area contributed by atoms with Crippen molar-refractivity contribution < 1.29 is 4.74 Å². The summed E-state index contributed by atoms with van der Waals surface area (Å²) in [5, 5.41) is 3.23. The average Bonchev–Trinajstić information content (AvgIpc) is 2.72. The lowest BCUT2D eigenvalue weighted by molar-refractivity contribution is 0.217. The highest BCUT2D eigenvalue weighted by molar-refractivity contribution is 5.24. The minimum absolute atomic E-state index is 0.0902. The first-order valence-corrected chi connectivity index (χ1v) is 5.24. The van der Waals surface area contributed by atoms with E-state index in [1.807, 2.05) is 19.3 Å². The highest BCUT2D eigenvalue weighted by atomic mass is 16.5. The molecule has 1 atom stereocenters. The number of hydrogen-bond acceptors (Lipinski definition) is 3. The van der Waals surface area contributed by atoms with Crippen molar-refractivity contribution in [2.75, 3.05) is 13.7 Å². The molecule has 3 heteroatoms. The molecule has 0 saturated heterocycles. The highest BCUT2D eigenvalue weighted by Gasteiger charge is 2.19. The first-order valence-electron chi connectivity index (χ1n) is 5.24. The van der Waals surface area contributed by atoms with Crippen LogP contribution in [0.2, 0.25) is 0 Å². The normalized spacial score (nSPS) is 17.1. The minimum Gasteiger partial charge on any atom is -0.496 e. The van der Waals surface area contributed by atoms with Crippen LogP contribution >= 0.6 is 0 Å². The van der Waals surface area contributed by atoms with E-state index in [4.69, 9.17) is 4.74 Å². The van der Waals surface area contributed by atoms with E-state index in [0.29, 0.717) is 0 Å². The summed E-state index contributed by atoms with van der Waals surface area (Å²) in [4.78, 5) is 4.37. The van der Waals surface area contributed by atoms with E-state index in [9.17, 15) is 0 Å². The van der Waals surface area contributed by atoms with Gasteiger partial charge in [-0.05, 0) is 37.7 Å². The second-order valence-corrected chi connectivity index (χ2v) is 3.72. The Kier molecular flexibility index (Phi) is 3.02. The summed E-state index contributed by atoms with van der Waals surface area (Å²) in [6.45, 7) is 2.86. The maximum Gasteiger partial charge on any atom is 0.115 e. The number of rotatable bonds is 3. The second-order valence-electron chi connectivity index (χ2n) is 3.72. The molecule has 0 aliphatic carbocycles. The first-order chi connectivity index (χ1) is 7.31. The number of pyridine rings is 1. The molecule has 1 aromatic heterocycles. The molecule has 80 valence electrons. The van der Waals surface area contributed by atoms with Crippen LogP contribution in [0.15, 0.2) is 30.2 Å². The number of ether oxygens (including phenoxy) is 1. The molecule has 1 N–H and O–H groups in total. The number of nitrogens with one attached hydrogen (secondary N) is 1. The molecule has 0 saturated carbocycles. The van der Waals surface area contributed by atoms with Gasteiger partial charge >= 0.3 is 0 Å². The van der Waals surface area contributed by atoms with E-state index >= 15 is 0 Å². The fourth-order valence-corrected chi connectivity index (χ4v) is 1.79. The van der Waals surface area contributed by atoms with E-state index in [0.717, 1.165) is 24.5 Å². The molecule has 3 nitrogen and oxygen atoms in total. The number of aryl methyl sites for hydroxylation is 1. The van der Waals surface area contributed by atoms with Gasteiger partial charge in [0.1, 0.15) is 11.8 Å². The molecule has 2 heterocycles. The van der Waals surface area contributed by atoms with Crippen LogP contribution in [-0.4, -0.2) is 18.6 Å². The zero-order valence-electron chi connectivity index (χ0n) is 9.16. The van der Waals surface area contributed by atoms with Gasteiger partial charge in [-0.15, -0.1) is 0 Å². The van der Waals surface area contributed by atoms with Crippen LogP contribution in [0.25, 0.3) is 0 Å². The van der Waals surface area contributed by atoms with Crippen LogP contribution in [0, 0.1) is 6.92 Å². The van der Waals surface area contributed by atoms with Crippen molar-refractivity contribution in [3.8, 4) is 0 Å². The summed E-state index contributed by atoms with van der Waals surface area (Å²) in [6, 6.07) is 4.18. The third kappa shape index (κ3) is 2.18. The molecule has 0 amide bonds. The summed E-state index contributed by atoms with van der Waals surface area (Å²) in [7, 11) is 1.93. The van der Waals surface area contributed by atoms with Gasteiger partial charge in [0.25, 0.3) is 0 Å². The van der Waals surface area contributed by atoms with Crippen molar-refractivity contribution in [2.45, 2.75) is 19.4 Å². The molecule has 15 heavy (non-hydrogen) atoms. The van der Waals surface area contributed by atoms with Crippen LogP contribution < -0.4 is 5.32 Å². The van der Waals surface area contributed by atoms with Crippen LogP contribution in [0.4, 0.5) is 0 Å². The lowest BCUT2D eigenvalue weighted by Gasteiger charge is -2.17. The molecule has 1 aromatic rings. The molecular formula is C12H16N2O. The van der Waals surface area contributed by atoms with Gasteiger partial charge < -0.3 is 10.1 Å². The third-order valence-electron chi connectivity index (χ3n) is 2.54. The molecule has 0 spiro atoms. The Morgan fingerprint density at radius 3 is 3.00 bits per heavy atom. The van der Waals surface area contributed by atoms with Gasteiger partial charge in [-0.3, -0.25) is 4.98 Å².